The Morgan fingerprint density at radius 2 is 1.69 bits per heavy atom. The van der Waals surface area contributed by atoms with Crippen LogP contribution >= 0.6 is 0 Å². The van der Waals surface area contributed by atoms with Crippen LogP contribution in [0.1, 0.15) is 38.7 Å². The van der Waals surface area contributed by atoms with E-state index in [4.69, 9.17) is 4.74 Å². The van der Waals surface area contributed by atoms with Crippen LogP contribution in [0.15, 0.2) is 36.4 Å². The van der Waals surface area contributed by atoms with Crippen LogP contribution < -0.4 is 5.32 Å². The number of nitrogens with one attached hydrogen (secondary N) is 1. The van der Waals surface area contributed by atoms with E-state index in [-0.39, 0.29) is 36.6 Å². The van der Waals surface area contributed by atoms with E-state index >= 15 is 0 Å². The van der Waals surface area contributed by atoms with Gasteiger partial charge >= 0.3 is 5.97 Å². The fourth-order valence-electron chi connectivity index (χ4n) is 3.67. The van der Waals surface area contributed by atoms with Crippen molar-refractivity contribution in [2.75, 3.05) is 11.9 Å². The van der Waals surface area contributed by atoms with Crippen molar-refractivity contribution in [1.82, 2.24) is 4.90 Å². The molecule has 1 aromatic carbocycles. The molecule has 1 aliphatic heterocycles. The molecule has 7 heteroatoms. The van der Waals surface area contributed by atoms with E-state index in [0.29, 0.717) is 18.5 Å². The number of likely N-dealkylation sites (tertiary alicyclic amines) is 1. The van der Waals surface area contributed by atoms with Crippen LogP contribution in [0.5, 0.6) is 0 Å². The fourth-order valence-corrected chi connectivity index (χ4v) is 3.67. The Hall–Kier alpha value is -2.96. The first-order chi connectivity index (χ1) is 13.9. The maximum Gasteiger partial charge on any atom is 0.308 e. The van der Waals surface area contributed by atoms with Gasteiger partial charge in [0.05, 0.1) is 18.3 Å². The van der Waals surface area contributed by atoms with E-state index in [0.717, 1.165) is 16.9 Å². The largest absolute Gasteiger partial charge is 0.452 e. The van der Waals surface area contributed by atoms with Crippen molar-refractivity contribution in [3.63, 3.8) is 0 Å². The first-order valence-electron chi connectivity index (χ1n) is 10.00. The summed E-state index contributed by atoms with van der Waals surface area (Å²) in [6, 6.07) is 7.43. The standard InChI is InChI=1S/C22H26N2O5/c1-3-15-8-10-16(11-9-15)23-20(26)14(2)29-19(25)12-13-24-21(27)17-6-4-5-7-18(17)22(24)28/h4-5,8-11,14,17-18H,3,6-7,12-13H2,1-2H3,(H,23,26). The number of hydrogen-bond donors (Lipinski definition) is 1. The van der Waals surface area contributed by atoms with E-state index in [9.17, 15) is 19.2 Å². The molecule has 0 aromatic heterocycles. The monoisotopic (exact) mass is 398 g/mol. The molecule has 3 unspecified atom stereocenters. The van der Waals surface area contributed by atoms with Gasteiger partial charge < -0.3 is 10.1 Å². The molecule has 1 aliphatic carbocycles. The third-order valence-electron chi connectivity index (χ3n) is 5.45. The summed E-state index contributed by atoms with van der Waals surface area (Å²) in [5.74, 6) is -2.13. The first kappa shape index (κ1) is 20.8. The van der Waals surface area contributed by atoms with E-state index in [2.05, 4.69) is 5.32 Å². The maximum absolute atomic E-state index is 12.4. The summed E-state index contributed by atoms with van der Waals surface area (Å²) in [7, 11) is 0. The predicted molar refractivity (Wildman–Crippen MR) is 107 cm³/mol. The lowest BCUT2D eigenvalue weighted by Crippen LogP contribution is -2.35. The zero-order chi connectivity index (χ0) is 21.0. The smallest absolute Gasteiger partial charge is 0.308 e. The average molecular weight is 398 g/mol. The topological polar surface area (TPSA) is 92.8 Å². The lowest BCUT2D eigenvalue weighted by Gasteiger charge is -2.16. The maximum atomic E-state index is 12.4. The quantitative estimate of drug-likeness (QED) is 0.433. The first-order valence-corrected chi connectivity index (χ1v) is 10.00. The molecule has 3 atom stereocenters. The molecule has 3 amide bonds. The van der Waals surface area contributed by atoms with Crippen LogP contribution in [0.2, 0.25) is 0 Å². The number of nitrogens with zero attached hydrogens (tertiary/aromatic N) is 1. The van der Waals surface area contributed by atoms with Gasteiger partial charge in [0.2, 0.25) is 11.8 Å². The minimum absolute atomic E-state index is 0.0175. The number of hydrogen-bond acceptors (Lipinski definition) is 5. The summed E-state index contributed by atoms with van der Waals surface area (Å²) in [6.07, 6.45) is 4.75. The fraction of sp³-hybridized carbons (Fsp3) is 0.455. The highest BCUT2D eigenvalue weighted by Gasteiger charge is 2.47. The Kier molecular flexibility index (Phi) is 6.46. The molecular weight excluding hydrogens is 372 g/mol. The third-order valence-corrected chi connectivity index (χ3v) is 5.45. The van der Waals surface area contributed by atoms with Crippen molar-refractivity contribution in [2.45, 2.75) is 45.6 Å². The summed E-state index contributed by atoms with van der Waals surface area (Å²) in [5, 5.41) is 2.70. The minimum Gasteiger partial charge on any atom is -0.452 e. The number of allylic oxidation sites excluding steroid dienone is 2. The highest BCUT2D eigenvalue weighted by atomic mass is 16.5. The summed E-state index contributed by atoms with van der Waals surface area (Å²) in [5.41, 5.74) is 1.78. The summed E-state index contributed by atoms with van der Waals surface area (Å²) >= 11 is 0. The van der Waals surface area contributed by atoms with Crippen LogP contribution in [-0.2, 0) is 30.3 Å². The Bertz CT molecular complexity index is 804. The molecule has 1 fully saturated rings. The average Bonchev–Trinajstić information content (AvgIpc) is 2.97. The second-order valence-electron chi connectivity index (χ2n) is 7.41. The van der Waals surface area contributed by atoms with E-state index in [1.165, 1.54) is 6.92 Å². The summed E-state index contributed by atoms with van der Waals surface area (Å²) in [4.78, 5) is 50.3. The highest BCUT2D eigenvalue weighted by Crippen LogP contribution is 2.35. The number of aryl methyl sites for hydroxylation is 1. The molecule has 3 rings (SSSR count). The summed E-state index contributed by atoms with van der Waals surface area (Å²) < 4.78 is 5.17. The second-order valence-corrected chi connectivity index (χ2v) is 7.41. The molecule has 7 nitrogen and oxygen atoms in total. The van der Waals surface area contributed by atoms with Crippen molar-refractivity contribution < 1.29 is 23.9 Å². The lowest BCUT2D eigenvalue weighted by molar-refractivity contribution is -0.154. The third kappa shape index (κ3) is 4.72. The van der Waals surface area contributed by atoms with Crippen molar-refractivity contribution in [3.05, 3.63) is 42.0 Å². The van der Waals surface area contributed by atoms with Crippen molar-refractivity contribution in [2.24, 2.45) is 11.8 Å². The SMILES string of the molecule is CCc1ccc(NC(=O)C(C)OC(=O)CCN2C(=O)C3CC=CCC3C2=O)cc1. The van der Waals surface area contributed by atoms with Gasteiger partial charge in [0.25, 0.3) is 5.91 Å². The minimum atomic E-state index is -0.981. The molecule has 0 radical (unpaired) electrons. The molecule has 0 saturated carbocycles. The Labute approximate surface area is 170 Å². The molecule has 1 heterocycles. The van der Waals surface area contributed by atoms with Crippen molar-refractivity contribution in [3.8, 4) is 0 Å². The highest BCUT2D eigenvalue weighted by molar-refractivity contribution is 6.05. The van der Waals surface area contributed by atoms with Crippen LogP contribution in [-0.4, -0.2) is 41.2 Å². The zero-order valence-electron chi connectivity index (χ0n) is 16.7. The number of rotatable bonds is 7. The van der Waals surface area contributed by atoms with Gasteiger partial charge in [-0.15, -0.1) is 0 Å². The van der Waals surface area contributed by atoms with Gasteiger partial charge in [-0.3, -0.25) is 24.1 Å². The van der Waals surface area contributed by atoms with Crippen LogP contribution in [0.25, 0.3) is 0 Å². The number of amides is 3. The van der Waals surface area contributed by atoms with Crippen molar-refractivity contribution in [1.29, 1.82) is 0 Å². The number of anilines is 1. The molecule has 2 aliphatic rings. The van der Waals surface area contributed by atoms with E-state index in [1.807, 2.05) is 31.2 Å². The number of fused-ring (bicyclic) bond motifs is 1. The molecule has 1 saturated heterocycles. The van der Waals surface area contributed by atoms with Crippen molar-refractivity contribution >= 4 is 29.4 Å². The Balaban J connectivity index is 1.46. The predicted octanol–water partition coefficient (Wildman–Crippen LogP) is 2.46. The number of esters is 1. The number of carbonyl (C=O) groups is 4. The normalized spacial score (nSPS) is 21.7. The van der Waals surface area contributed by atoms with Crippen LogP contribution in [0.4, 0.5) is 5.69 Å². The van der Waals surface area contributed by atoms with Gasteiger partial charge in [-0.2, -0.15) is 0 Å². The van der Waals surface area contributed by atoms with E-state index < -0.39 is 18.0 Å². The van der Waals surface area contributed by atoms with Gasteiger partial charge in [-0.25, -0.2) is 0 Å². The van der Waals surface area contributed by atoms with Gasteiger partial charge in [0.1, 0.15) is 0 Å². The van der Waals surface area contributed by atoms with Gasteiger partial charge in [0.15, 0.2) is 6.10 Å². The number of benzene rings is 1. The second kappa shape index (κ2) is 9.03. The van der Waals surface area contributed by atoms with Gasteiger partial charge in [0, 0.05) is 12.2 Å². The van der Waals surface area contributed by atoms with Gasteiger partial charge in [-0.05, 0) is 43.9 Å². The molecule has 29 heavy (non-hydrogen) atoms. The number of ether oxygens (including phenoxy) is 1. The lowest BCUT2D eigenvalue weighted by atomic mass is 9.85. The summed E-state index contributed by atoms with van der Waals surface area (Å²) in [6.45, 7) is 3.51. The molecule has 0 spiro atoms. The molecule has 1 N–H and O–H groups in total. The van der Waals surface area contributed by atoms with Crippen LogP contribution in [0, 0.1) is 11.8 Å². The number of carbonyl (C=O) groups excluding carboxylic acids is 4. The van der Waals surface area contributed by atoms with Crippen LogP contribution in [0.3, 0.4) is 0 Å². The molecule has 154 valence electrons. The Morgan fingerprint density at radius 1 is 1.10 bits per heavy atom. The Morgan fingerprint density at radius 3 is 2.24 bits per heavy atom. The van der Waals surface area contributed by atoms with Gasteiger partial charge in [-0.1, -0.05) is 31.2 Å². The molecule has 0 bridgehead atoms. The zero-order valence-corrected chi connectivity index (χ0v) is 16.7. The molecule has 1 aromatic rings. The molecular formula is C22H26N2O5. The number of imide groups is 1. The van der Waals surface area contributed by atoms with E-state index in [1.54, 1.807) is 12.1 Å².